The molecule has 0 aromatic carbocycles. The van der Waals surface area contributed by atoms with Crippen LogP contribution in [0.3, 0.4) is 0 Å². The largest absolute Gasteiger partial charge is 0.295 e. The molecule has 1 aromatic rings. The number of carbonyl (C=O) groups is 1. The van der Waals surface area contributed by atoms with Crippen LogP contribution in [0.5, 0.6) is 0 Å². The number of nitrogens with one attached hydrogen (secondary N) is 1. The van der Waals surface area contributed by atoms with E-state index in [2.05, 4.69) is 24.2 Å². The normalized spacial score (nSPS) is 20.6. The van der Waals surface area contributed by atoms with Crippen molar-refractivity contribution < 1.29 is 4.79 Å². The lowest BCUT2D eigenvalue weighted by molar-refractivity contribution is 0.0957. The molecule has 1 atom stereocenters. The molecule has 18 heavy (non-hydrogen) atoms. The van der Waals surface area contributed by atoms with Crippen LogP contribution in [0.4, 0.5) is 0 Å². The van der Waals surface area contributed by atoms with Crippen LogP contribution >= 0.6 is 11.3 Å². The van der Waals surface area contributed by atoms with Crippen molar-refractivity contribution in [1.29, 1.82) is 0 Å². The molecule has 0 aliphatic carbocycles. The maximum Gasteiger partial charge on any atom is 0.275 e. The van der Waals surface area contributed by atoms with Gasteiger partial charge in [0.1, 0.15) is 0 Å². The highest BCUT2D eigenvalue weighted by Crippen LogP contribution is 2.27. The Kier molecular flexibility index (Phi) is 4.37. The predicted octanol–water partition coefficient (Wildman–Crippen LogP) is 1.97. The molecule has 1 aliphatic rings. The molecule has 0 radical (unpaired) electrons. The van der Waals surface area contributed by atoms with Crippen LogP contribution in [0.25, 0.3) is 0 Å². The number of nitrogens with zero attached hydrogens (tertiary/aromatic N) is 1. The average molecular weight is 267 g/mol. The summed E-state index contributed by atoms with van der Waals surface area (Å²) >= 11 is 1.53. The van der Waals surface area contributed by atoms with E-state index < -0.39 is 0 Å². The molecule has 0 bridgehead atoms. The van der Waals surface area contributed by atoms with Gasteiger partial charge in [-0.15, -0.1) is 11.3 Å². The first kappa shape index (κ1) is 13.5. The topological polar surface area (TPSA) is 58.4 Å². The van der Waals surface area contributed by atoms with E-state index in [4.69, 9.17) is 5.84 Å². The van der Waals surface area contributed by atoms with Gasteiger partial charge < -0.3 is 0 Å². The third-order valence-corrected chi connectivity index (χ3v) is 4.63. The van der Waals surface area contributed by atoms with E-state index in [0.717, 1.165) is 6.54 Å². The minimum atomic E-state index is -0.201. The van der Waals surface area contributed by atoms with Gasteiger partial charge in [-0.3, -0.25) is 15.1 Å². The van der Waals surface area contributed by atoms with Crippen molar-refractivity contribution in [3.8, 4) is 0 Å². The average Bonchev–Trinajstić information content (AvgIpc) is 2.97. The van der Waals surface area contributed by atoms with Gasteiger partial charge in [0, 0.05) is 17.5 Å². The molecule has 1 fully saturated rings. The zero-order valence-electron chi connectivity index (χ0n) is 11.0. The lowest BCUT2D eigenvalue weighted by atomic mass is 10.0. The van der Waals surface area contributed by atoms with Crippen molar-refractivity contribution in [2.24, 2.45) is 11.8 Å². The number of rotatable bonds is 4. The van der Waals surface area contributed by atoms with E-state index in [1.165, 1.54) is 35.6 Å². The summed E-state index contributed by atoms with van der Waals surface area (Å²) < 4.78 is 0. The Labute approximate surface area is 112 Å². The first-order valence-electron chi connectivity index (χ1n) is 6.45. The molecular weight excluding hydrogens is 246 g/mol. The van der Waals surface area contributed by atoms with Crippen molar-refractivity contribution in [1.82, 2.24) is 10.3 Å². The summed E-state index contributed by atoms with van der Waals surface area (Å²) in [6.07, 6.45) is 2.57. The maximum absolute atomic E-state index is 11.4. The minimum absolute atomic E-state index is 0.201. The van der Waals surface area contributed by atoms with E-state index in [1.54, 1.807) is 0 Å². The number of likely N-dealkylation sites (tertiary alicyclic amines) is 1. The van der Waals surface area contributed by atoms with Crippen LogP contribution in [-0.4, -0.2) is 23.4 Å². The molecular formula is C13H21N3OS. The van der Waals surface area contributed by atoms with Crippen LogP contribution in [0, 0.1) is 5.92 Å². The summed E-state index contributed by atoms with van der Waals surface area (Å²) in [6.45, 7) is 6.68. The molecule has 2 heterocycles. The van der Waals surface area contributed by atoms with Crippen molar-refractivity contribution in [3.63, 3.8) is 0 Å². The van der Waals surface area contributed by atoms with Crippen LogP contribution in [0.1, 0.15) is 41.2 Å². The summed E-state index contributed by atoms with van der Waals surface area (Å²) in [5, 5.41) is 0. The number of amides is 1. The predicted molar refractivity (Wildman–Crippen MR) is 74.2 cm³/mol. The lowest BCUT2D eigenvalue weighted by Gasteiger charge is -2.26. The monoisotopic (exact) mass is 267 g/mol. The molecule has 2 rings (SSSR count). The summed E-state index contributed by atoms with van der Waals surface area (Å²) in [6, 6.07) is 4.56. The number of carbonyl (C=O) groups excluding carboxylic acids is 1. The molecule has 0 spiro atoms. The highest BCUT2D eigenvalue weighted by atomic mass is 32.1. The summed E-state index contributed by atoms with van der Waals surface area (Å²) in [4.78, 5) is 15.9. The quantitative estimate of drug-likeness (QED) is 0.498. The number of nitrogens with two attached hydrogens (primary N) is 1. The standard InChI is InChI=1S/C13H21N3OS/c1-9(2)11-4-3-7-16(11)8-10-5-6-12(18-10)13(17)15-14/h5-6,9,11H,3-4,7-8,14H2,1-2H3,(H,15,17). The Morgan fingerprint density at radius 1 is 1.61 bits per heavy atom. The fraction of sp³-hybridized carbons (Fsp3) is 0.615. The molecule has 1 aliphatic heterocycles. The number of thiophene rings is 1. The van der Waals surface area contributed by atoms with E-state index in [0.29, 0.717) is 16.8 Å². The second kappa shape index (κ2) is 5.82. The van der Waals surface area contributed by atoms with Crippen LogP contribution < -0.4 is 11.3 Å². The lowest BCUT2D eigenvalue weighted by Crippen LogP contribution is -2.32. The second-order valence-electron chi connectivity index (χ2n) is 5.16. The van der Waals surface area contributed by atoms with Crippen molar-refractivity contribution in [3.05, 3.63) is 21.9 Å². The molecule has 100 valence electrons. The molecule has 3 N–H and O–H groups in total. The Bertz CT molecular complexity index is 416. The van der Waals surface area contributed by atoms with Gasteiger partial charge in [0.25, 0.3) is 5.91 Å². The maximum atomic E-state index is 11.4. The van der Waals surface area contributed by atoms with Crippen molar-refractivity contribution in [2.45, 2.75) is 39.3 Å². The van der Waals surface area contributed by atoms with Crippen LogP contribution in [0.2, 0.25) is 0 Å². The van der Waals surface area contributed by atoms with Gasteiger partial charge in [0.15, 0.2) is 0 Å². The van der Waals surface area contributed by atoms with Gasteiger partial charge in [-0.2, -0.15) is 0 Å². The zero-order valence-corrected chi connectivity index (χ0v) is 11.8. The Hall–Kier alpha value is -0.910. The molecule has 0 saturated carbocycles. The highest BCUT2D eigenvalue weighted by Gasteiger charge is 2.27. The van der Waals surface area contributed by atoms with E-state index >= 15 is 0 Å². The van der Waals surface area contributed by atoms with Gasteiger partial charge in [0.2, 0.25) is 0 Å². The third kappa shape index (κ3) is 2.91. The fourth-order valence-electron chi connectivity index (χ4n) is 2.66. The zero-order chi connectivity index (χ0) is 13.1. The molecule has 1 aromatic heterocycles. The first-order valence-corrected chi connectivity index (χ1v) is 7.27. The summed E-state index contributed by atoms with van der Waals surface area (Å²) in [7, 11) is 0. The molecule has 5 heteroatoms. The Morgan fingerprint density at radius 3 is 3.06 bits per heavy atom. The van der Waals surface area contributed by atoms with Gasteiger partial charge in [-0.25, -0.2) is 5.84 Å². The van der Waals surface area contributed by atoms with E-state index in [1.807, 2.05) is 12.1 Å². The number of nitrogen functional groups attached to an aromatic ring is 1. The minimum Gasteiger partial charge on any atom is -0.295 e. The van der Waals surface area contributed by atoms with Crippen LogP contribution in [-0.2, 0) is 6.54 Å². The van der Waals surface area contributed by atoms with E-state index in [-0.39, 0.29) is 5.91 Å². The Balaban J connectivity index is 2.01. The van der Waals surface area contributed by atoms with Gasteiger partial charge >= 0.3 is 0 Å². The third-order valence-electron chi connectivity index (χ3n) is 3.56. The molecule has 1 saturated heterocycles. The second-order valence-corrected chi connectivity index (χ2v) is 6.33. The van der Waals surface area contributed by atoms with Gasteiger partial charge in [-0.1, -0.05) is 13.8 Å². The molecule has 4 nitrogen and oxygen atoms in total. The van der Waals surface area contributed by atoms with Crippen LogP contribution in [0.15, 0.2) is 12.1 Å². The smallest absolute Gasteiger partial charge is 0.275 e. The van der Waals surface area contributed by atoms with Gasteiger partial charge in [-0.05, 0) is 37.4 Å². The fourth-order valence-corrected chi connectivity index (χ4v) is 3.60. The number of hydrogen-bond donors (Lipinski definition) is 2. The van der Waals surface area contributed by atoms with Crippen molar-refractivity contribution >= 4 is 17.2 Å². The molecule has 1 amide bonds. The van der Waals surface area contributed by atoms with Gasteiger partial charge in [0.05, 0.1) is 4.88 Å². The Morgan fingerprint density at radius 2 is 2.39 bits per heavy atom. The highest BCUT2D eigenvalue weighted by molar-refractivity contribution is 7.14. The number of hydrazine groups is 1. The van der Waals surface area contributed by atoms with Crippen molar-refractivity contribution in [2.75, 3.05) is 6.54 Å². The molecule has 1 unspecified atom stereocenters. The SMILES string of the molecule is CC(C)C1CCCN1Cc1ccc(C(=O)NN)s1. The summed E-state index contributed by atoms with van der Waals surface area (Å²) in [5.41, 5.74) is 2.17. The number of hydrogen-bond acceptors (Lipinski definition) is 4. The van der Waals surface area contributed by atoms with E-state index in [9.17, 15) is 4.79 Å². The summed E-state index contributed by atoms with van der Waals surface area (Å²) in [5.74, 6) is 5.63. The first-order chi connectivity index (χ1) is 8.61.